The lowest BCUT2D eigenvalue weighted by Gasteiger charge is -2.05. The number of pyridine rings is 1. The van der Waals surface area contributed by atoms with Gasteiger partial charge in [0, 0.05) is 31.4 Å². The van der Waals surface area contributed by atoms with Gasteiger partial charge in [0.1, 0.15) is 0 Å². The monoisotopic (exact) mass is 147 g/mol. The van der Waals surface area contributed by atoms with Gasteiger partial charge in [0.25, 0.3) is 0 Å². The Labute approximate surface area is 66.7 Å². The summed E-state index contributed by atoms with van der Waals surface area (Å²) in [5.41, 5.74) is 1.34. The molecular formula is C9H11N2. The van der Waals surface area contributed by atoms with Crippen LogP contribution in [0.3, 0.4) is 0 Å². The van der Waals surface area contributed by atoms with Gasteiger partial charge in [-0.15, -0.1) is 0 Å². The third kappa shape index (κ3) is 1.40. The molecule has 0 amide bonds. The summed E-state index contributed by atoms with van der Waals surface area (Å²) < 4.78 is 0. The molecule has 0 aliphatic carbocycles. The highest BCUT2D eigenvalue weighted by Gasteiger charge is 2.16. The minimum Gasteiger partial charge on any atom is -0.264 e. The highest BCUT2D eigenvalue weighted by molar-refractivity contribution is 5.16. The van der Waals surface area contributed by atoms with Crippen LogP contribution in [0.15, 0.2) is 24.5 Å². The van der Waals surface area contributed by atoms with E-state index >= 15 is 0 Å². The minimum absolute atomic E-state index is 0.642. The molecule has 0 saturated carbocycles. The quantitative estimate of drug-likeness (QED) is 0.586. The normalized spacial score (nSPS) is 23.8. The minimum atomic E-state index is 0.642. The van der Waals surface area contributed by atoms with Gasteiger partial charge in [-0.05, 0) is 18.1 Å². The second-order valence-electron chi connectivity index (χ2n) is 2.90. The Hall–Kier alpha value is -0.890. The molecule has 2 heterocycles. The van der Waals surface area contributed by atoms with Crippen LogP contribution < -0.4 is 5.32 Å². The summed E-state index contributed by atoms with van der Waals surface area (Å²) in [6.07, 6.45) is 4.97. The molecule has 1 atom stereocenters. The largest absolute Gasteiger partial charge is 0.264 e. The van der Waals surface area contributed by atoms with Crippen LogP contribution in [-0.2, 0) is 0 Å². The maximum Gasteiger partial charge on any atom is 0.0303 e. The number of nitrogens with zero attached hydrogens (tertiary/aromatic N) is 2. The maximum absolute atomic E-state index is 4.31. The summed E-state index contributed by atoms with van der Waals surface area (Å²) in [6.45, 7) is 2.02. The number of hydrogen-bond donors (Lipinski definition) is 0. The van der Waals surface area contributed by atoms with Gasteiger partial charge in [-0.3, -0.25) is 4.98 Å². The molecular weight excluding hydrogens is 136 g/mol. The van der Waals surface area contributed by atoms with Gasteiger partial charge in [-0.25, -0.2) is 5.32 Å². The molecule has 2 heteroatoms. The summed E-state index contributed by atoms with van der Waals surface area (Å²) in [5.74, 6) is 0.642. The van der Waals surface area contributed by atoms with E-state index in [9.17, 15) is 0 Å². The Morgan fingerprint density at radius 1 is 1.45 bits per heavy atom. The highest BCUT2D eigenvalue weighted by atomic mass is 14.9. The molecule has 1 aromatic rings. The Morgan fingerprint density at radius 3 is 3.09 bits per heavy atom. The molecule has 1 aliphatic rings. The van der Waals surface area contributed by atoms with E-state index in [1.54, 1.807) is 0 Å². The van der Waals surface area contributed by atoms with E-state index in [1.165, 1.54) is 12.0 Å². The molecule has 0 spiro atoms. The van der Waals surface area contributed by atoms with E-state index in [-0.39, 0.29) is 0 Å². The van der Waals surface area contributed by atoms with Gasteiger partial charge in [0.15, 0.2) is 0 Å². The zero-order valence-corrected chi connectivity index (χ0v) is 6.40. The molecule has 0 N–H and O–H groups in total. The van der Waals surface area contributed by atoms with Gasteiger partial charge in [-0.2, -0.15) is 0 Å². The van der Waals surface area contributed by atoms with Crippen molar-refractivity contribution in [1.29, 1.82) is 0 Å². The van der Waals surface area contributed by atoms with Crippen molar-refractivity contribution < 1.29 is 0 Å². The fraction of sp³-hybridized carbons (Fsp3) is 0.444. The lowest BCUT2D eigenvalue weighted by molar-refractivity contribution is 0.755. The standard InChI is InChI=1S/C9H11N2/c1-2-8(6-10-4-1)9-3-5-11-7-9/h1-2,4,6,9H,3,5,7H2. The molecule has 0 bridgehead atoms. The van der Waals surface area contributed by atoms with Crippen LogP contribution in [0, 0.1) is 0 Å². The van der Waals surface area contributed by atoms with Gasteiger partial charge < -0.3 is 0 Å². The highest BCUT2D eigenvalue weighted by Crippen LogP contribution is 2.21. The van der Waals surface area contributed by atoms with E-state index < -0.39 is 0 Å². The van der Waals surface area contributed by atoms with Crippen molar-refractivity contribution in [3.05, 3.63) is 30.1 Å². The molecule has 1 radical (unpaired) electrons. The summed E-state index contributed by atoms with van der Waals surface area (Å²) in [5, 5.41) is 4.31. The average Bonchev–Trinajstić information content (AvgIpc) is 2.58. The molecule has 0 aromatic carbocycles. The van der Waals surface area contributed by atoms with Gasteiger partial charge >= 0.3 is 0 Å². The molecule has 1 fully saturated rings. The predicted molar refractivity (Wildman–Crippen MR) is 43.5 cm³/mol. The van der Waals surface area contributed by atoms with Crippen LogP contribution in [0.25, 0.3) is 0 Å². The zero-order valence-electron chi connectivity index (χ0n) is 6.40. The van der Waals surface area contributed by atoms with E-state index in [1.807, 2.05) is 18.5 Å². The molecule has 57 valence electrons. The van der Waals surface area contributed by atoms with E-state index in [2.05, 4.69) is 16.4 Å². The van der Waals surface area contributed by atoms with Gasteiger partial charge in [0.2, 0.25) is 0 Å². The molecule has 1 saturated heterocycles. The summed E-state index contributed by atoms with van der Waals surface area (Å²) in [4.78, 5) is 4.09. The summed E-state index contributed by atoms with van der Waals surface area (Å²) >= 11 is 0. The summed E-state index contributed by atoms with van der Waals surface area (Å²) in [6, 6.07) is 4.13. The van der Waals surface area contributed by atoms with Crippen LogP contribution in [0.4, 0.5) is 0 Å². The van der Waals surface area contributed by atoms with Crippen molar-refractivity contribution in [2.24, 2.45) is 0 Å². The molecule has 11 heavy (non-hydrogen) atoms. The van der Waals surface area contributed by atoms with Crippen LogP contribution in [0.5, 0.6) is 0 Å². The van der Waals surface area contributed by atoms with E-state index in [0.29, 0.717) is 5.92 Å². The predicted octanol–water partition coefficient (Wildman–Crippen LogP) is 1.17. The maximum atomic E-state index is 4.31. The second-order valence-corrected chi connectivity index (χ2v) is 2.90. The summed E-state index contributed by atoms with van der Waals surface area (Å²) in [7, 11) is 0. The van der Waals surface area contributed by atoms with Crippen molar-refractivity contribution in [2.45, 2.75) is 12.3 Å². The molecule has 2 rings (SSSR count). The van der Waals surface area contributed by atoms with Crippen LogP contribution in [0.1, 0.15) is 17.9 Å². The van der Waals surface area contributed by atoms with E-state index in [0.717, 1.165) is 13.1 Å². The molecule has 1 unspecified atom stereocenters. The first-order valence-electron chi connectivity index (χ1n) is 4.00. The smallest absolute Gasteiger partial charge is 0.0303 e. The Kier molecular flexibility index (Phi) is 1.86. The Bertz CT molecular complexity index is 214. The molecule has 2 nitrogen and oxygen atoms in total. The van der Waals surface area contributed by atoms with Crippen LogP contribution >= 0.6 is 0 Å². The van der Waals surface area contributed by atoms with Gasteiger partial charge in [-0.1, -0.05) is 6.07 Å². The van der Waals surface area contributed by atoms with Crippen molar-refractivity contribution >= 4 is 0 Å². The number of rotatable bonds is 1. The Morgan fingerprint density at radius 2 is 2.45 bits per heavy atom. The first-order chi connectivity index (χ1) is 5.47. The SMILES string of the molecule is c1cncc(C2CC[N]C2)c1. The van der Waals surface area contributed by atoms with Crippen molar-refractivity contribution in [3.63, 3.8) is 0 Å². The molecule has 1 aliphatic heterocycles. The fourth-order valence-corrected chi connectivity index (χ4v) is 1.48. The first-order valence-corrected chi connectivity index (χ1v) is 4.00. The van der Waals surface area contributed by atoms with E-state index in [4.69, 9.17) is 0 Å². The lowest BCUT2D eigenvalue weighted by Crippen LogP contribution is -2.01. The van der Waals surface area contributed by atoms with Crippen molar-refractivity contribution in [3.8, 4) is 0 Å². The third-order valence-corrected chi connectivity index (χ3v) is 2.14. The number of hydrogen-bond acceptors (Lipinski definition) is 1. The second kappa shape index (κ2) is 3.01. The van der Waals surface area contributed by atoms with Crippen LogP contribution in [-0.4, -0.2) is 18.1 Å². The van der Waals surface area contributed by atoms with Crippen molar-refractivity contribution in [1.82, 2.24) is 10.3 Å². The average molecular weight is 147 g/mol. The fourth-order valence-electron chi connectivity index (χ4n) is 1.48. The van der Waals surface area contributed by atoms with Gasteiger partial charge in [0.05, 0.1) is 0 Å². The van der Waals surface area contributed by atoms with Crippen molar-refractivity contribution in [2.75, 3.05) is 13.1 Å². The first kappa shape index (κ1) is 6.80. The zero-order chi connectivity index (χ0) is 7.52. The lowest BCUT2D eigenvalue weighted by atomic mass is 10.0. The Balaban J connectivity index is 2.16. The third-order valence-electron chi connectivity index (χ3n) is 2.14. The molecule has 1 aromatic heterocycles. The number of aromatic nitrogens is 1. The topological polar surface area (TPSA) is 27.0 Å². The van der Waals surface area contributed by atoms with Crippen LogP contribution in [0.2, 0.25) is 0 Å².